The number of likely N-dealkylation sites (tertiary alicyclic amines) is 1. The van der Waals surface area contributed by atoms with Gasteiger partial charge < -0.3 is 11.1 Å². The summed E-state index contributed by atoms with van der Waals surface area (Å²) in [5.74, 6) is 0.0924. The minimum atomic E-state index is 0.0924. The average molecular weight is 345 g/mol. The first-order chi connectivity index (χ1) is 11.7. The number of rotatable bonds is 6. The summed E-state index contributed by atoms with van der Waals surface area (Å²) in [6.45, 7) is 2.85. The number of hydrogen-bond acceptors (Lipinski definition) is 6. The molecule has 2 aromatic rings. The Bertz CT molecular complexity index is 660. The Morgan fingerprint density at radius 1 is 1.50 bits per heavy atom. The molecule has 0 radical (unpaired) electrons. The van der Waals surface area contributed by atoms with Crippen LogP contribution in [-0.4, -0.2) is 39.9 Å². The summed E-state index contributed by atoms with van der Waals surface area (Å²) >= 11 is 1.42. The highest BCUT2D eigenvalue weighted by Gasteiger charge is 2.21. The number of nitrogens with two attached hydrogens (primary N) is 1. The first-order valence-corrected chi connectivity index (χ1v) is 9.17. The van der Waals surface area contributed by atoms with E-state index in [2.05, 4.69) is 26.3 Å². The molecule has 2 aromatic heterocycles. The molecule has 1 amide bonds. The molecule has 0 aliphatic carbocycles. The molecule has 1 aliphatic rings. The fraction of sp³-hybridized carbons (Fsp3) is 0.471. The fourth-order valence-corrected chi connectivity index (χ4v) is 3.64. The lowest BCUT2D eigenvalue weighted by atomic mass is 10.0. The second-order valence-electron chi connectivity index (χ2n) is 6.18. The predicted molar refractivity (Wildman–Crippen MR) is 95.5 cm³/mol. The summed E-state index contributed by atoms with van der Waals surface area (Å²) in [5.41, 5.74) is 7.72. The molecule has 0 aromatic carbocycles. The summed E-state index contributed by atoms with van der Waals surface area (Å²) in [5, 5.41) is 5.63. The average Bonchev–Trinajstić information content (AvgIpc) is 3.00. The SMILES string of the molecule is Nc1nc(CCC(=O)N[C@H]2CCCN(Cc3cccnc3)C2)cs1. The van der Waals surface area contributed by atoms with Crippen LogP contribution in [-0.2, 0) is 17.8 Å². The van der Waals surface area contributed by atoms with Crippen LogP contribution < -0.4 is 11.1 Å². The van der Waals surface area contributed by atoms with E-state index in [4.69, 9.17) is 5.73 Å². The van der Waals surface area contributed by atoms with Crippen molar-refractivity contribution in [2.24, 2.45) is 0 Å². The van der Waals surface area contributed by atoms with E-state index in [1.807, 2.05) is 17.6 Å². The van der Waals surface area contributed by atoms with Gasteiger partial charge in [-0.1, -0.05) is 6.07 Å². The lowest BCUT2D eigenvalue weighted by molar-refractivity contribution is -0.122. The number of carbonyl (C=O) groups is 1. The number of thiazole rings is 1. The van der Waals surface area contributed by atoms with Gasteiger partial charge >= 0.3 is 0 Å². The third-order valence-electron chi connectivity index (χ3n) is 4.18. The maximum absolute atomic E-state index is 12.2. The minimum Gasteiger partial charge on any atom is -0.375 e. The van der Waals surface area contributed by atoms with Crippen molar-refractivity contribution in [2.75, 3.05) is 18.8 Å². The molecule has 24 heavy (non-hydrogen) atoms. The second kappa shape index (κ2) is 8.21. The van der Waals surface area contributed by atoms with E-state index >= 15 is 0 Å². The molecule has 7 heteroatoms. The third kappa shape index (κ3) is 5.01. The van der Waals surface area contributed by atoms with Gasteiger partial charge in [-0.25, -0.2) is 4.98 Å². The van der Waals surface area contributed by atoms with E-state index in [9.17, 15) is 4.79 Å². The van der Waals surface area contributed by atoms with Crippen LogP contribution >= 0.6 is 11.3 Å². The molecular formula is C17H23N5OS. The predicted octanol–water partition coefficient (Wildman–Crippen LogP) is 1.83. The van der Waals surface area contributed by atoms with Crippen molar-refractivity contribution in [1.82, 2.24) is 20.2 Å². The van der Waals surface area contributed by atoms with Crippen molar-refractivity contribution >= 4 is 22.4 Å². The number of nitrogen functional groups attached to an aromatic ring is 1. The molecule has 6 nitrogen and oxygen atoms in total. The van der Waals surface area contributed by atoms with Crippen LogP contribution in [0.3, 0.4) is 0 Å². The summed E-state index contributed by atoms with van der Waals surface area (Å²) in [6, 6.07) is 4.28. The van der Waals surface area contributed by atoms with Gasteiger partial charge in [0.2, 0.25) is 5.91 Å². The normalized spacial score (nSPS) is 18.4. The van der Waals surface area contributed by atoms with Gasteiger partial charge in [-0.3, -0.25) is 14.7 Å². The van der Waals surface area contributed by atoms with E-state index < -0.39 is 0 Å². The number of nitrogens with zero attached hydrogens (tertiary/aromatic N) is 3. The summed E-state index contributed by atoms with van der Waals surface area (Å²) in [4.78, 5) is 22.9. The van der Waals surface area contributed by atoms with Crippen LogP contribution in [0.25, 0.3) is 0 Å². The maximum atomic E-state index is 12.2. The zero-order chi connectivity index (χ0) is 16.8. The highest BCUT2D eigenvalue weighted by molar-refractivity contribution is 7.13. The first-order valence-electron chi connectivity index (χ1n) is 8.29. The molecule has 3 heterocycles. The molecule has 1 atom stereocenters. The van der Waals surface area contributed by atoms with E-state index in [1.54, 1.807) is 6.20 Å². The van der Waals surface area contributed by atoms with Gasteiger partial charge in [-0.2, -0.15) is 0 Å². The number of aryl methyl sites for hydroxylation is 1. The number of pyridine rings is 1. The molecule has 0 bridgehead atoms. The smallest absolute Gasteiger partial charge is 0.220 e. The van der Waals surface area contributed by atoms with Crippen LogP contribution in [0.1, 0.15) is 30.5 Å². The van der Waals surface area contributed by atoms with Crippen molar-refractivity contribution in [1.29, 1.82) is 0 Å². The molecular weight excluding hydrogens is 322 g/mol. The number of hydrogen-bond donors (Lipinski definition) is 2. The molecule has 128 valence electrons. The Morgan fingerprint density at radius 3 is 3.17 bits per heavy atom. The van der Waals surface area contributed by atoms with Crippen molar-refractivity contribution in [3.8, 4) is 0 Å². The van der Waals surface area contributed by atoms with Crippen molar-refractivity contribution in [3.05, 3.63) is 41.2 Å². The number of anilines is 1. The lowest BCUT2D eigenvalue weighted by Gasteiger charge is -2.33. The van der Waals surface area contributed by atoms with Crippen molar-refractivity contribution in [3.63, 3.8) is 0 Å². The monoisotopic (exact) mass is 345 g/mol. The Morgan fingerprint density at radius 2 is 2.42 bits per heavy atom. The van der Waals surface area contributed by atoms with Crippen LogP contribution in [0, 0.1) is 0 Å². The summed E-state index contributed by atoms with van der Waals surface area (Å²) in [7, 11) is 0. The number of amides is 1. The van der Waals surface area contributed by atoms with E-state index in [0.29, 0.717) is 18.0 Å². The number of piperidine rings is 1. The zero-order valence-electron chi connectivity index (χ0n) is 13.6. The number of nitrogens with one attached hydrogen (secondary N) is 1. The Labute approximate surface area is 146 Å². The van der Waals surface area contributed by atoms with Gasteiger partial charge in [0.25, 0.3) is 0 Å². The van der Waals surface area contributed by atoms with Gasteiger partial charge in [0.1, 0.15) is 0 Å². The summed E-state index contributed by atoms with van der Waals surface area (Å²) in [6.07, 6.45) is 6.95. The van der Waals surface area contributed by atoms with Crippen LogP contribution in [0.5, 0.6) is 0 Å². The van der Waals surface area contributed by atoms with E-state index in [1.165, 1.54) is 16.9 Å². The maximum Gasteiger partial charge on any atom is 0.220 e. The third-order valence-corrected chi connectivity index (χ3v) is 4.90. The van der Waals surface area contributed by atoms with Gasteiger partial charge in [0, 0.05) is 43.3 Å². The molecule has 3 rings (SSSR count). The molecule has 0 saturated carbocycles. The largest absolute Gasteiger partial charge is 0.375 e. The van der Waals surface area contributed by atoms with E-state index in [-0.39, 0.29) is 11.9 Å². The lowest BCUT2D eigenvalue weighted by Crippen LogP contribution is -2.47. The van der Waals surface area contributed by atoms with E-state index in [0.717, 1.165) is 38.2 Å². The quantitative estimate of drug-likeness (QED) is 0.834. The first kappa shape index (κ1) is 16.9. The Hall–Kier alpha value is -1.99. The molecule has 0 spiro atoms. The van der Waals surface area contributed by atoms with Crippen LogP contribution in [0.4, 0.5) is 5.13 Å². The minimum absolute atomic E-state index is 0.0924. The molecule has 3 N–H and O–H groups in total. The number of aromatic nitrogens is 2. The topological polar surface area (TPSA) is 84.1 Å². The Kier molecular flexibility index (Phi) is 5.77. The second-order valence-corrected chi connectivity index (χ2v) is 7.07. The summed E-state index contributed by atoms with van der Waals surface area (Å²) < 4.78 is 0. The fourth-order valence-electron chi connectivity index (χ4n) is 3.05. The van der Waals surface area contributed by atoms with Crippen LogP contribution in [0.15, 0.2) is 29.9 Å². The molecule has 0 unspecified atom stereocenters. The Balaban J connectivity index is 1.43. The van der Waals surface area contributed by atoms with Gasteiger partial charge in [0.05, 0.1) is 5.69 Å². The van der Waals surface area contributed by atoms with Gasteiger partial charge in [-0.05, 0) is 37.4 Å². The van der Waals surface area contributed by atoms with Gasteiger partial charge in [-0.15, -0.1) is 11.3 Å². The van der Waals surface area contributed by atoms with Gasteiger partial charge in [0.15, 0.2) is 5.13 Å². The molecule has 1 saturated heterocycles. The van der Waals surface area contributed by atoms with Crippen LogP contribution in [0.2, 0.25) is 0 Å². The standard InChI is InChI=1S/C17H23N5OS/c18-17-21-15(12-24-17)5-6-16(23)20-14-4-2-8-22(11-14)10-13-3-1-7-19-9-13/h1,3,7,9,12,14H,2,4-6,8,10-11H2,(H2,18,21)(H,20,23)/t14-/m0/s1. The van der Waals surface area contributed by atoms with Crippen molar-refractivity contribution < 1.29 is 4.79 Å². The zero-order valence-corrected chi connectivity index (χ0v) is 14.5. The number of carbonyl (C=O) groups excluding carboxylic acids is 1. The highest BCUT2D eigenvalue weighted by atomic mass is 32.1. The molecule has 1 fully saturated rings. The van der Waals surface area contributed by atoms with Crippen molar-refractivity contribution in [2.45, 2.75) is 38.3 Å². The highest BCUT2D eigenvalue weighted by Crippen LogP contribution is 2.15. The molecule has 1 aliphatic heterocycles.